The second-order valence-corrected chi connectivity index (χ2v) is 8.36. The van der Waals surface area contributed by atoms with E-state index in [1.807, 2.05) is 13.8 Å². The molecule has 1 atom stereocenters. The minimum atomic E-state index is -3.42. The van der Waals surface area contributed by atoms with Crippen molar-refractivity contribution in [1.82, 2.24) is 4.72 Å². The first kappa shape index (κ1) is 16.0. The molecule has 0 aliphatic rings. The van der Waals surface area contributed by atoms with Crippen molar-refractivity contribution in [2.75, 3.05) is 11.5 Å². The molecule has 1 heterocycles. The highest BCUT2D eigenvalue weighted by Gasteiger charge is 2.21. The van der Waals surface area contributed by atoms with Gasteiger partial charge in [0, 0.05) is 28.1 Å². The second kappa shape index (κ2) is 6.91. The van der Waals surface area contributed by atoms with Crippen molar-refractivity contribution in [1.29, 1.82) is 0 Å². The molecule has 1 rings (SSSR count). The van der Waals surface area contributed by atoms with Crippen LogP contribution in [0.25, 0.3) is 0 Å². The van der Waals surface area contributed by atoms with Gasteiger partial charge in [-0.3, -0.25) is 0 Å². The van der Waals surface area contributed by atoms with Gasteiger partial charge < -0.3 is 5.73 Å². The van der Waals surface area contributed by atoms with Crippen LogP contribution in [0.15, 0.2) is 11.0 Å². The van der Waals surface area contributed by atoms with Crippen LogP contribution in [-0.4, -0.2) is 26.0 Å². The average Bonchev–Trinajstić information content (AvgIpc) is 2.68. The van der Waals surface area contributed by atoms with Gasteiger partial charge in [-0.25, -0.2) is 13.1 Å². The van der Waals surface area contributed by atoms with E-state index in [0.29, 0.717) is 11.4 Å². The predicted molar refractivity (Wildman–Crippen MR) is 79.7 cm³/mol. The summed E-state index contributed by atoms with van der Waals surface area (Å²) in [5, 5.41) is 0. The lowest BCUT2D eigenvalue weighted by atomic mass is 10.4. The Balaban J connectivity index is 2.82. The van der Waals surface area contributed by atoms with Gasteiger partial charge in [0.2, 0.25) is 10.0 Å². The fourth-order valence-electron chi connectivity index (χ4n) is 1.55. The fourth-order valence-corrected chi connectivity index (χ4v) is 5.08. The highest BCUT2D eigenvalue weighted by Crippen LogP contribution is 2.25. The van der Waals surface area contributed by atoms with Crippen LogP contribution < -0.4 is 10.5 Å². The van der Waals surface area contributed by atoms with Gasteiger partial charge in [0.15, 0.2) is 0 Å². The van der Waals surface area contributed by atoms with E-state index in [4.69, 9.17) is 5.73 Å². The Kier molecular flexibility index (Phi) is 6.13. The summed E-state index contributed by atoms with van der Waals surface area (Å²) in [6.07, 6.45) is 0. The number of nitrogens with two attached hydrogens (primary N) is 1. The standard InChI is InChI=1S/C11H20N2O2S3/c1-4-16-7-8(2)13-18(14,15)11-5-10(6-12)17-9(11)3/h5,8,13H,4,6-7,12H2,1-3H3. The van der Waals surface area contributed by atoms with Gasteiger partial charge in [-0.2, -0.15) is 11.8 Å². The summed E-state index contributed by atoms with van der Waals surface area (Å²) in [5.41, 5.74) is 5.53. The molecule has 0 aliphatic heterocycles. The Morgan fingerprint density at radius 2 is 2.22 bits per heavy atom. The Labute approximate surface area is 117 Å². The van der Waals surface area contributed by atoms with E-state index >= 15 is 0 Å². The lowest BCUT2D eigenvalue weighted by molar-refractivity contribution is 0.571. The maximum Gasteiger partial charge on any atom is 0.241 e. The molecule has 0 spiro atoms. The number of thioether (sulfide) groups is 1. The molecule has 0 aromatic carbocycles. The molecular weight excluding hydrogens is 288 g/mol. The third-order valence-corrected chi connectivity index (χ3v) is 6.40. The first-order valence-corrected chi connectivity index (χ1v) is 9.25. The number of sulfonamides is 1. The normalized spacial score (nSPS) is 13.8. The van der Waals surface area contributed by atoms with Gasteiger partial charge in [-0.1, -0.05) is 6.92 Å². The molecule has 0 aliphatic carbocycles. The minimum absolute atomic E-state index is 0.0689. The van der Waals surface area contributed by atoms with Crippen molar-refractivity contribution in [3.05, 3.63) is 15.8 Å². The molecule has 1 aromatic heterocycles. The van der Waals surface area contributed by atoms with Gasteiger partial charge in [0.1, 0.15) is 0 Å². The van der Waals surface area contributed by atoms with E-state index in [-0.39, 0.29) is 6.04 Å². The molecule has 0 radical (unpaired) electrons. The summed E-state index contributed by atoms with van der Waals surface area (Å²) in [6, 6.07) is 1.60. The fraction of sp³-hybridized carbons (Fsp3) is 0.636. The molecule has 0 saturated heterocycles. The first-order valence-electron chi connectivity index (χ1n) is 5.80. The van der Waals surface area contributed by atoms with Gasteiger partial charge in [0.05, 0.1) is 4.90 Å². The van der Waals surface area contributed by atoms with E-state index in [1.54, 1.807) is 17.8 Å². The average molecular weight is 308 g/mol. The summed E-state index contributed by atoms with van der Waals surface area (Å²) < 4.78 is 27.1. The monoisotopic (exact) mass is 308 g/mol. The van der Waals surface area contributed by atoms with Crippen molar-refractivity contribution < 1.29 is 8.42 Å². The lowest BCUT2D eigenvalue weighted by Crippen LogP contribution is -2.34. The molecule has 104 valence electrons. The van der Waals surface area contributed by atoms with E-state index < -0.39 is 10.0 Å². The quantitative estimate of drug-likeness (QED) is 0.807. The van der Waals surface area contributed by atoms with Crippen LogP contribution in [0.5, 0.6) is 0 Å². The zero-order chi connectivity index (χ0) is 13.8. The predicted octanol–water partition coefficient (Wildman–Crippen LogP) is 1.94. The van der Waals surface area contributed by atoms with Gasteiger partial charge in [-0.05, 0) is 25.7 Å². The molecule has 0 saturated carbocycles. The number of rotatable bonds is 7. The third-order valence-electron chi connectivity index (χ3n) is 2.34. The molecule has 3 N–H and O–H groups in total. The topological polar surface area (TPSA) is 72.2 Å². The zero-order valence-corrected chi connectivity index (χ0v) is 13.3. The van der Waals surface area contributed by atoms with Crippen LogP contribution in [0.1, 0.15) is 23.6 Å². The van der Waals surface area contributed by atoms with Crippen molar-refractivity contribution in [2.45, 2.75) is 38.3 Å². The Morgan fingerprint density at radius 1 is 1.56 bits per heavy atom. The number of hydrogen-bond donors (Lipinski definition) is 2. The van der Waals surface area contributed by atoms with Crippen LogP contribution in [0, 0.1) is 6.92 Å². The number of hydrogen-bond acceptors (Lipinski definition) is 5. The van der Waals surface area contributed by atoms with Crippen LogP contribution in [-0.2, 0) is 16.6 Å². The van der Waals surface area contributed by atoms with Crippen LogP contribution in [0.3, 0.4) is 0 Å². The van der Waals surface area contributed by atoms with Gasteiger partial charge in [-0.15, -0.1) is 11.3 Å². The molecule has 18 heavy (non-hydrogen) atoms. The Hall–Kier alpha value is -0.0800. The largest absolute Gasteiger partial charge is 0.326 e. The molecule has 7 heteroatoms. The van der Waals surface area contributed by atoms with Gasteiger partial charge >= 0.3 is 0 Å². The summed E-state index contributed by atoms with van der Waals surface area (Å²) >= 11 is 3.16. The molecular formula is C11H20N2O2S3. The number of nitrogens with one attached hydrogen (secondary N) is 1. The van der Waals surface area contributed by atoms with Crippen molar-refractivity contribution >= 4 is 33.1 Å². The van der Waals surface area contributed by atoms with Crippen molar-refractivity contribution in [2.24, 2.45) is 5.73 Å². The molecule has 0 amide bonds. The summed E-state index contributed by atoms with van der Waals surface area (Å²) in [4.78, 5) is 2.04. The SMILES string of the molecule is CCSCC(C)NS(=O)(=O)c1cc(CN)sc1C. The van der Waals surface area contributed by atoms with E-state index in [1.165, 1.54) is 11.3 Å². The molecule has 0 fully saturated rings. The van der Waals surface area contributed by atoms with Crippen molar-refractivity contribution in [3.8, 4) is 0 Å². The molecule has 0 bridgehead atoms. The zero-order valence-electron chi connectivity index (χ0n) is 10.9. The summed E-state index contributed by atoms with van der Waals surface area (Å²) in [5.74, 6) is 1.77. The highest BCUT2D eigenvalue weighted by atomic mass is 32.2. The summed E-state index contributed by atoms with van der Waals surface area (Å²) in [7, 11) is -3.42. The lowest BCUT2D eigenvalue weighted by Gasteiger charge is -2.13. The first-order chi connectivity index (χ1) is 8.40. The van der Waals surface area contributed by atoms with Crippen molar-refractivity contribution in [3.63, 3.8) is 0 Å². The maximum absolute atomic E-state index is 12.2. The number of thiophene rings is 1. The second-order valence-electron chi connectivity index (χ2n) is 4.02. The van der Waals surface area contributed by atoms with Gasteiger partial charge in [0.25, 0.3) is 0 Å². The highest BCUT2D eigenvalue weighted by molar-refractivity contribution is 7.99. The van der Waals surface area contributed by atoms with E-state index in [2.05, 4.69) is 11.6 Å². The molecule has 1 unspecified atom stereocenters. The van der Waals surface area contributed by atoms with Crippen LogP contribution in [0.2, 0.25) is 0 Å². The van der Waals surface area contributed by atoms with Crippen LogP contribution >= 0.6 is 23.1 Å². The molecule has 1 aromatic rings. The minimum Gasteiger partial charge on any atom is -0.326 e. The smallest absolute Gasteiger partial charge is 0.241 e. The van der Waals surface area contributed by atoms with E-state index in [9.17, 15) is 8.42 Å². The maximum atomic E-state index is 12.2. The third kappa shape index (κ3) is 4.24. The summed E-state index contributed by atoms with van der Waals surface area (Å²) in [6.45, 7) is 6.13. The molecule has 4 nitrogen and oxygen atoms in total. The van der Waals surface area contributed by atoms with E-state index in [0.717, 1.165) is 21.3 Å². The van der Waals surface area contributed by atoms with Crippen LogP contribution in [0.4, 0.5) is 0 Å². The number of aryl methyl sites for hydroxylation is 1. The Morgan fingerprint density at radius 3 is 2.72 bits per heavy atom. The Bertz CT molecular complexity index is 482.